The molecule has 0 aliphatic heterocycles. The van der Waals surface area contributed by atoms with Crippen LogP contribution in [0.1, 0.15) is 33.1 Å². The fourth-order valence-corrected chi connectivity index (χ4v) is 1.69. The number of rotatable bonds is 7. The van der Waals surface area contributed by atoms with Gasteiger partial charge in [-0.15, -0.1) is 11.6 Å². The molecule has 88 valence electrons. The van der Waals surface area contributed by atoms with Crippen LogP contribution in [0.4, 0.5) is 0 Å². The molecular formula is C11H18BrClO2. The van der Waals surface area contributed by atoms with E-state index in [2.05, 4.69) is 15.9 Å². The van der Waals surface area contributed by atoms with Crippen molar-refractivity contribution in [2.24, 2.45) is 0 Å². The van der Waals surface area contributed by atoms with Crippen LogP contribution in [0.25, 0.3) is 0 Å². The third-order valence-electron chi connectivity index (χ3n) is 1.95. The molecule has 0 bridgehead atoms. The molecule has 0 aromatic rings. The van der Waals surface area contributed by atoms with Gasteiger partial charge in [0.05, 0.1) is 6.61 Å². The normalized spacial score (nSPS) is 13.7. The number of allylic oxidation sites excluding steroid dienone is 1. The summed E-state index contributed by atoms with van der Waals surface area (Å²) in [5.74, 6) is 0.410. The summed E-state index contributed by atoms with van der Waals surface area (Å²) < 4.78 is 4.87. The van der Waals surface area contributed by atoms with Gasteiger partial charge in [-0.05, 0) is 38.7 Å². The van der Waals surface area contributed by atoms with Crippen molar-refractivity contribution in [3.8, 4) is 0 Å². The first-order valence-electron chi connectivity index (χ1n) is 5.19. The minimum Gasteiger partial charge on any atom is -0.463 e. The Morgan fingerprint density at radius 2 is 2.20 bits per heavy atom. The van der Waals surface area contributed by atoms with Crippen molar-refractivity contribution in [1.29, 1.82) is 0 Å². The fraction of sp³-hybridized carbons (Fsp3) is 0.727. The minimum atomic E-state index is -0.260. The molecule has 2 nitrogen and oxygen atoms in total. The van der Waals surface area contributed by atoms with Crippen molar-refractivity contribution in [3.63, 3.8) is 0 Å². The van der Waals surface area contributed by atoms with Gasteiger partial charge in [0.1, 0.15) is 0 Å². The second-order valence-corrected chi connectivity index (χ2v) is 4.98. The van der Waals surface area contributed by atoms with Gasteiger partial charge in [0.15, 0.2) is 0 Å². The fourth-order valence-electron chi connectivity index (χ4n) is 1.14. The number of alkyl halides is 2. The number of ether oxygens (including phenoxy) is 1. The standard InChI is InChI=1S/C11H18BrClO2/c1-3-15-11(14)8-10(9(2)12)6-4-5-7-13/h8-9H,3-7H2,1-2H3/b10-8-. The van der Waals surface area contributed by atoms with Gasteiger partial charge in [-0.2, -0.15) is 0 Å². The molecule has 1 atom stereocenters. The summed E-state index contributed by atoms with van der Waals surface area (Å²) in [7, 11) is 0. The first kappa shape index (κ1) is 15.0. The number of carbonyl (C=O) groups excluding carboxylic acids is 1. The zero-order chi connectivity index (χ0) is 11.7. The summed E-state index contributed by atoms with van der Waals surface area (Å²) in [6.45, 7) is 4.23. The number of esters is 1. The van der Waals surface area contributed by atoms with Crippen LogP contribution >= 0.6 is 27.5 Å². The van der Waals surface area contributed by atoms with Crippen molar-refractivity contribution in [2.45, 2.75) is 37.9 Å². The molecule has 0 aromatic heterocycles. The Morgan fingerprint density at radius 3 is 2.67 bits per heavy atom. The highest BCUT2D eigenvalue weighted by Crippen LogP contribution is 2.18. The average molecular weight is 298 g/mol. The SMILES string of the molecule is CCOC(=O)/C=C(/CCCCCl)C(C)Br. The third kappa shape index (κ3) is 7.86. The highest BCUT2D eigenvalue weighted by atomic mass is 79.9. The van der Waals surface area contributed by atoms with Crippen LogP contribution in [-0.4, -0.2) is 23.3 Å². The minimum absolute atomic E-state index is 0.206. The molecule has 0 amide bonds. The van der Waals surface area contributed by atoms with E-state index in [-0.39, 0.29) is 10.8 Å². The zero-order valence-corrected chi connectivity index (χ0v) is 11.6. The van der Waals surface area contributed by atoms with Crippen LogP contribution in [-0.2, 0) is 9.53 Å². The van der Waals surface area contributed by atoms with E-state index in [1.807, 2.05) is 6.92 Å². The summed E-state index contributed by atoms with van der Waals surface area (Å²) in [6, 6.07) is 0. The van der Waals surface area contributed by atoms with E-state index in [0.717, 1.165) is 24.8 Å². The van der Waals surface area contributed by atoms with Crippen LogP contribution in [0.3, 0.4) is 0 Å². The molecule has 0 aliphatic carbocycles. The molecule has 0 heterocycles. The number of halogens is 2. The van der Waals surface area contributed by atoms with Crippen molar-refractivity contribution in [3.05, 3.63) is 11.6 Å². The van der Waals surface area contributed by atoms with E-state index in [1.165, 1.54) is 0 Å². The van der Waals surface area contributed by atoms with Gasteiger partial charge in [0, 0.05) is 16.8 Å². The summed E-state index contributed by atoms with van der Waals surface area (Å²) in [5, 5.41) is 0. The predicted octanol–water partition coefficient (Wildman–Crippen LogP) is 3.67. The number of hydrogen-bond donors (Lipinski definition) is 0. The maximum atomic E-state index is 11.2. The first-order chi connectivity index (χ1) is 7.11. The average Bonchev–Trinajstić information content (AvgIpc) is 2.16. The van der Waals surface area contributed by atoms with Crippen LogP contribution in [0, 0.1) is 0 Å². The summed E-state index contributed by atoms with van der Waals surface area (Å²) in [4.78, 5) is 11.5. The molecule has 0 N–H and O–H groups in total. The van der Waals surface area contributed by atoms with Crippen LogP contribution in [0.2, 0.25) is 0 Å². The molecule has 0 saturated heterocycles. The number of hydrogen-bond acceptors (Lipinski definition) is 2. The van der Waals surface area contributed by atoms with Crippen molar-refractivity contribution < 1.29 is 9.53 Å². The molecule has 0 aromatic carbocycles. The van der Waals surface area contributed by atoms with Crippen molar-refractivity contribution in [1.82, 2.24) is 0 Å². The largest absolute Gasteiger partial charge is 0.463 e. The van der Waals surface area contributed by atoms with Gasteiger partial charge < -0.3 is 4.74 Å². The second-order valence-electron chi connectivity index (χ2n) is 3.23. The van der Waals surface area contributed by atoms with Gasteiger partial charge in [-0.3, -0.25) is 0 Å². The lowest BCUT2D eigenvalue weighted by molar-refractivity contribution is -0.137. The van der Waals surface area contributed by atoms with Crippen molar-refractivity contribution in [2.75, 3.05) is 12.5 Å². The van der Waals surface area contributed by atoms with Crippen LogP contribution in [0.5, 0.6) is 0 Å². The Kier molecular flexibility index (Phi) is 9.21. The third-order valence-corrected chi connectivity index (χ3v) is 2.81. The zero-order valence-electron chi connectivity index (χ0n) is 9.26. The highest BCUT2D eigenvalue weighted by molar-refractivity contribution is 9.09. The van der Waals surface area contributed by atoms with E-state index in [1.54, 1.807) is 13.0 Å². The van der Waals surface area contributed by atoms with Crippen LogP contribution < -0.4 is 0 Å². The Morgan fingerprint density at radius 1 is 1.53 bits per heavy atom. The van der Waals surface area contributed by atoms with Crippen molar-refractivity contribution >= 4 is 33.5 Å². The molecular weight excluding hydrogens is 279 g/mol. The molecule has 1 unspecified atom stereocenters. The van der Waals surface area contributed by atoms with E-state index in [9.17, 15) is 4.79 Å². The van der Waals surface area contributed by atoms with E-state index in [0.29, 0.717) is 12.5 Å². The monoisotopic (exact) mass is 296 g/mol. The Bertz CT molecular complexity index is 215. The molecule has 15 heavy (non-hydrogen) atoms. The summed E-state index contributed by atoms with van der Waals surface area (Å²) in [5.41, 5.74) is 1.07. The summed E-state index contributed by atoms with van der Waals surface area (Å²) >= 11 is 9.06. The quantitative estimate of drug-likeness (QED) is 0.310. The molecule has 0 fully saturated rings. The van der Waals surface area contributed by atoms with Gasteiger partial charge in [-0.1, -0.05) is 15.9 Å². The Hall–Kier alpha value is -0.0200. The van der Waals surface area contributed by atoms with Gasteiger partial charge >= 0.3 is 5.97 Å². The summed E-state index contributed by atoms with van der Waals surface area (Å²) in [6.07, 6.45) is 4.45. The van der Waals surface area contributed by atoms with Gasteiger partial charge in [0.25, 0.3) is 0 Å². The van der Waals surface area contributed by atoms with Crippen LogP contribution in [0.15, 0.2) is 11.6 Å². The highest BCUT2D eigenvalue weighted by Gasteiger charge is 2.07. The Balaban J connectivity index is 4.18. The predicted molar refractivity (Wildman–Crippen MR) is 67.7 cm³/mol. The Labute approximate surface area is 105 Å². The van der Waals surface area contributed by atoms with E-state index in [4.69, 9.17) is 16.3 Å². The maximum absolute atomic E-state index is 11.2. The lowest BCUT2D eigenvalue weighted by atomic mass is 10.1. The molecule has 4 heteroatoms. The molecule has 0 aliphatic rings. The van der Waals surface area contributed by atoms with E-state index >= 15 is 0 Å². The molecule has 0 spiro atoms. The topological polar surface area (TPSA) is 26.3 Å². The second kappa shape index (κ2) is 9.22. The molecule has 0 saturated carbocycles. The van der Waals surface area contributed by atoms with Gasteiger partial charge in [-0.25, -0.2) is 4.79 Å². The van der Waals surface area contributed by atoms with E-state index < -0.39 is 0 Å². The lowest BCUT2D eigenvalue weighted by Crippen LogP contribution is -2.05. The number of carbonyl (C=O) groups is 1. The maximum Gasteiger partial charge on any atom is 0.330 e. The molecule has 0 rings (SSSR count). The number of unbranched alkanes of at least 4 members (excludes halogenated alkanes) is 1. The first-order valence-corrected chi connectivity index (χ1v) is 6.64. The smallest absolute Gasteiger partial charge is 0.330 e. The lowest BCUT2D eigenvalue weighted by Gasteiger charge is -2.09. The van der Waals surface area contributed by atoms with Gasteiger partial charge in [0.2, 0.25) is 0 Å². The molecule has 0 radical (unpaired) electrons.